The van der Waals surface area contributed by atoms with Crippen LogP contribution in [0.15, 0.2) is 71.0 Å². The molecule has 0 aliphatic carbocycles. The molecule has 2 N–H and O–H groups in total. The first-order valence-electron chi connectivity index (χ1n) is 10.2. The highest BCUT2D eigenvalue weighted by Crippen LogP contribution is 2.42. The van der Waals surface area contributed by atoms with Crippen molar-refractivity contribution in [3.05, 3.63) is 105 Å². The van der Waals surface area contributed by atoms with Crippen molar-refractivity contribution >= 4 is 5.97 Å². The quantitative estimate of drug-likeness (QED) is 0.586. The Hall–Kier alpha value is -4.08. The van der Waals surface area contributed by atoms with E-state index >= 15 is 0 Å². The van der Waals surface area contributed by atoms with Gasteiger partial charge < -0.3 is 19.8 Å². The van der Waals surface area contributed by atoms with Crippen molar-refractivity contribution in [1.82, 2.24) is 9.55 Å². The van der Waals surface area contributed by atoms with E-state index in [9.17, 15) is 22.8 Å². The number of benzene rings is 1. The molecule has 1 aliphatic rings. The predicted molar refractivity (Wildman–Crippen MR) is 116 cm³/mol. The number of nitrogens with zero attached hydrogens (tertiary/aromatic N) is 2. The van der Waals surface area contributed by atoms with Gasteiger partial charge in [-0.05, 0) is 36.8 Å². The molecule has 1 atom stereocenters. The molecule has 2 aromatic heterocycles. The predicted octanol–water partition coefficient (Wildman–Crippen LogP) is 3.49. The molecular formula is C24H20F3N3O4. The van der Waals surface area contributed by atoms with E-state index in [1.54, 1.807) is 37.4 Å². The number of methoxy groups -OCH3 is 1. The fourth-order valence-electron chi connectivity index (χ4n) is 3.94. The van der Waals surface area contributed by atoms with Gasteiger partial charge in [-0.1, -0.05) is 18.2 Å². The summed E-state index contributed by atoms with van der Waals surface area (Å²) < 4.78 is 51.2. The number of hydrogen-bond acceptors (Lipinski definition) is 6. The van der Waals surface area contributed by atoms with Crippen LogP contribution >= 0.6 is 0 Å². The molecular weight excluding hydrogens is 451 g/mol. The lowest BCUT2D eigenvalue weighted by Crippen LogP contribution is -2.35. The molecule has 0 saturated heterocycles. The number of rotatable bonds is 4. The second-order valence-corrected chi connectivity index (χ2v) is 7.70. The van der Waals surface area contributed by atoms with Crippen LogP contribution in [0.4, 0.5) is 13.2 Å². The van der Waals surface area contributed by atoms with Crippen LogP contribution in [0.5, 0.6) is 5.75 Å². The number of aromatic nitrogens is 2. The maximum atomic E-state index is 13.7. The third-order valence-corrected chi connectivity index (χ3v) is 5.59. The minimum atomic E-state index is -4.54. The van der Waals surface area contributed by atoms with Gasteiger partial charge in [0, 0.05) is 18.0 Å². The SMILES string of the molecule is COC(=O)C1=C(N)Oc2cc(C)n(Cc3ccccn3)c(=O)c2[C@@H]1c1ccc(C(F)(F)F)cc1. The van der Waals surface area contributed by atoms with Crippen molar-refractivity contribution in [1.29, 1.82) is 0 Å². The van der Waals surface area contributed by atoms with Crippen molar-refractivity contribution < 1.29 is 27.4 Å². The highest BCUT2D eigenvalue weighted by Gasteiger charge is 2.39. The third-order valence-electron chi connectivity index (χ3n) is 5.59. The van der Waals surface area contributed by atoms with Gasteiger partial charge in [0.25, 0.3) is 5.56 Å². The Kier molecular flexibility index (Phi) is 5.90. The third kappa shape index (κ3) is 4.14. The Bertz CT molecular complexity index is 1330. The van der Waals surface area contributed by atoms with Gasteiger partial charge in [0.05, 0.1) is 36.4 Å². The van der Waals surface area contributed by atoms with E-state index in [-0.39, 0.29) is 34.9 Å². The normalized spacial score (nSPS) is 15.5. The number of ether oxygens (including phenoxy) is 2. The monoisotopic (exact) mass is 471 g/mol. The molecule has 34 heavy (non-hydrogen) atoms. The van der Waals surface area contributed by atoms with E-state index in [2.05, 4.69) is 4.98 Å². The van der Waals surface area contributed by atoms with Gasteiger partial charge in [-0.2, -0.15) is 13.2 Å². The molecule has 0 spiro atoms. The molecule has 4 rings (SSSR count). The van der Waals surface area contributed by atoms with Gasteiger partial charge in [-0.3, -0.25) is 9.78 Å². The number of carbonyl (C=O) groups is 1. The molecule has 3 heterocycles. The largest absolute Gasteiger partial charge is 0.465 e. The lowest BCUT2D eigenvalue weighted by atomic mass is 9.83. The number of aryl methyl sites for hydroxylation is 1. The van der Waals surface area contributed by atoms with Gasteiger partial charge in [0.2, 0.25) is 5.88 Å². The average Bonchev–Trinajstić information content (AvgIpc) is 2.80. The molecule has 1 aliphatic heterocycles. The van der Waals surface area contributed by atoms with Crippen LogP contribution in [-0.4, -0.2) is 22.6 Å². The molecule has 10 heteroatoms. The number of pyridine rings is 2. The molecule has 0 radical (unpaired) electrons. The number of carbonyl (C=O) groups excluding carboxylic acids is 1. The summed E-state index contributed by atoms with van der Waals surface area (Å²) in [5, 5.41) is 0. The highest BCUT2D eigenvalue weighted by molar-refractivity contribution is 5.92. The number of fused-ring (bicyclic) bond motifs is 1. The number of esters is 1. The summed E-state index contributed by atoms with van der Waals surface area (Å²) in [6, 6.07) is 11.1. The Balaban J connectivity index is 1.92. The van der Waals surface area contributed by atoms with E-state index < -0.39 is 29.2 Å². The van der Waals surface area contributed by atoms with Crippen LogP contribution in [0.3, 0.4) is 0 Å². The van der Waals surface area contributed by atoms with Crippen LogP contribution in [0.2, 0.25) is 0 Å². The fourth-order valence-corrected chi connectivity index (χ4v) is 3.94. The van der Waals surface area contributed by atoms with Crippen molar-refractivity contribution in [2.45, 2.75) is 25.6 Å². The topological polar surface area (TPSA) is 96.4 Å². The summed E-state index contributed by atoms with van der Waals surface area (Å²) >= 11 is 0. The summed E-state index contributed by atoms with van der Waals surface area (Å²) in [4.78, 5) is 30.5. The lowest BCUT2D eigenvalue weighted by molar-refractivity contribution is -0.138. The van der Waals surface area contributed by atoms with Gasteiger partial charge in [-0.25, -0.2) is 4.79 Å². The smallest absolute Gasteiger partial charge is 0.416 e. The maximum absolute atomic E-state index is 13.7. The molecule has 0 saturated carbocycles. The lowest BCUT2D eigenvalue weighted by Gasteiger charge is -2.29. The molecule has 7 nitrogen and oxygen atoms in total. The molecule has 0 amide bonds. The van der Waals surface area contributed by atoms with Gasteiger partial charge >= 0.3 is 12.1 Å². The first-order chi connectivity index (χ1) is 16.1. The zero-order valence-electron chi connectivity index (χ0n) is 18.2. The van der Waals surface area contributed by atoms with Crippen molar-refractivity contribution in [2.75, 3.05) is 7.11 Å². The number of nitrogens with two attached hydrogens (primary N) is 1. The number of hydrogen-bond donors (Lipinski definition) is 1. The van der Waals surface area contributed by atoms with Crippen LogP contribution < -0.4 is 16.0 Å². The molecule has 0 fully saturated rings. The van der Waals surface area contributed by atoms with Gasteiger partial charge in [0.15, 0.2) is 0 Å². The van der Waals surface area contributed by atoms with Crippen molar-refractivity contribution in [3.63, 3.8) is 0 Å². The maximum Gasteiger partial charge on any atom is 0.416 e. The zero-order valence-corrected chi connectivity index (χ0v) is 18.2. The van der Waals surface area contributed by atoms with Crippen LogP contribution in [-0.2, 0) is 22.3 Å². The molecule has 1 aromatic carbocycles. The Morgan fingerprint density at radius 2 is 1.91 bits per heavy atom. The summed E-state index contributed by atoms with van der Waals surface area (Å²) in [5.41, 5.74) is 6.00. The van der Waals surface area contributed by atoms with E-state index in [0.717, 1.165) is 19.2 Å². The van der Waals surface area contributed by atoms with Crippen LogP contribution in [0.25, 0.3) is 0 Å². The summed E-state index contributed by atoms with van der Waals surface area (Å²) in [6.45, 7) is 1.85. The van der Waals surface area contributed by atoms with Crippen LogP contribution in [0.1, 0.15) is 34.0 Å². The van der Waals surface area contributed by atoms with Crippen molar-refractivity contribution in [2.24, 2.45) is 5.73 Å². The van der Waals surface area contributed by atoms with Gasteiger partial charge in [0.1, 0.15) is 11.3 Å². The average molecular weight is 471 g/mol. The van der Waals surface area contributed by atoms with E-state index in [0.29, 0.717) is 11.4 Å². The Labute approximate surface area is 192 Å². The molecule has 0 bridgehead atoms. The molecule has 0 unspecified atom stereocenters. The van der Waals surface area contributed by atoms with Gasteiger partial charge in [-0.15, -0.1) is 0 Å². The standard InChI is InChI=1S/C24H20F3N3O4/c1-13-11-17-19(22(31)30(13)12-16-5-3-4-10-29-16)18(20(21(28)34-17)23(32)33-2)14-6-8-15(9-7-14)24(25,26)27/h3-11,18H,12,28H2,1-2H3/t18-/m0/s1. The second kappa shape index (κ2) is 8.69. The Morgan fingerprint density at radius 3 is 2.50 bits per heavy atom. The van der Waals surface area contributed by atoms with E-state index in [1.807, 2.05) is 0 Å². The summed E-state index contributed by atoms with van der Waals surface area (Å²) in [6.07, 6.45) is -2.94. The number of alkyl halides is 3. The van der Waals surface area contributed by atoms with Crippen LogP contribution in [0, 0.1) is 6.92 Å². The minimum absolute atomic E-state index is 0.0656. The molecule has 176 valence electrons. The number of halogens is 3. The minimum Gasteiger partial charge on any atom is -0.465 e. The zero-order chi connectivity index (χ0) is 24.6. The second-order valence-electron chi connectivity index (χ2n) is 7.70. The summed E-state index contributed by atoms with van der Waals surface area (Å²) in [5.74, 6) is -2.12. The first-order valence-corrected chi connectivity index (χ1v) is 10.2. The van der Waals surface area contributed by atoms with Crippen molar-refractivity contribution in [3.8, 4) is 5.75 Å². The first kappa shape index (κ1) is 23.1. The van der Waals surface area contributed by atoms with E-state index in [1.165, 1.54) is 16.7 Å². The molecule has 3 aromatic rings. The highest BCUT2D eigenvalue weighted by atomic mass is 19.4. The Morgan fingerprint density at radius 1 is 1.21 bits per heavy atom. The summed E-state index contributed by atoms with van der Waals surface area (Å²) in [7, 11) is 1.14. The fraction of sp³-hybridized carbons (Fsp3) is 0.208. The van der Waals surface area contributed by atoms with E-state index in [4.69, 9.17) is 15.2 Å².